The monoisotopic (exact) mass is 324 g/mol. The molecule has 0 saturated heterocycles. The quantitative estimate of drug-likeness (QED) is 0.414. The third-order valence-electron chi connectivity index (χ3n) is 3.64. The molecule has 0 amide bonds. The van der Waals surface area contributed by atoms with Crippen LogP contribution in [0.2, 0.25) is 0 Å². The number of aliphatic hydroxyl groups is 1. The second-order valence-electron chi connectivity index (χ2n) is 4.95. The summed E-state index contributed by atoms with van der Waals surface area (Å²) in [6.45, 7) is 0. The Hall–Kier alpha value is -2.47. The highest BCUT2D eigenvalue weighted by Gasteiger charge is 2.30. The molecule has 3 aromatic rings. The van der Waals surface area contributed by atoms with E-state index in [2.05, 4.69) is 0 Å². The van der Waals surface area contributed by atoms with Gasteiger partial charge >= 0.3 is 0 Å². The van der Waals surface area contributed by atoms with Crippen molar-refractivity contribution < 1.29 is 27.1 Å². The lowest BCUT2D eigenvalue weighted by molar-refractivity contribution is 0.204. The van der Waals surface area contributed by atoms with E-state index in [-0.39, 0.29) is 5.56 Å². The maximum Gasteiger partial charge on any atom is 0.200 e. The van der Waals surface area contributed by atoms with Crippen molar-refractivity contribution in [3.8, 4) is 0 Å². The lowest BCUT2D eigenvalue weighted by Gasteiger charge is -2.16. The fourth-order valence-electron chi connectivity index (χ4n) is 2.51. The van der Waals surface area contributed by atoms with E-state index in [1.807, 2.05) is 0 Å². The molecular weight excluding hydrogens is 315 g/mol. The summed E-state index contributed by atoms with van der Waals surface area (Å²) in [6, 6.07) is 11.2. The van der Waals surface area contributed by atoms with Crippen LogP contribution in [0.4, 0.5) is 22.0 Å². The van der Waals surface area contributed by atoms with Gasteiger partial charge in [-0.2, -0.15) is 0 Å². The first-order valence-corrected chi connectivity index (χ1v) is 6.60. The van der Waals surface area contributed by atoms with E-state index in [1.165, 1.54) is 12.1 Å². The van der Waals surface area contributed by atoms with Crippen LogP contribution in [0.25, 0.3) is 10.8 Å². The SMILES string of the molecule is OC(c1c(F)c(F)c(F)c(F)c1F)c1cccc2ccccc12. The minimum atomic E-state index is -2.26. The van der Waals surface area contributed by atoms with E-state index in [9.17, 15) is 27.1 Å². The standard InChI is InChI=1S/C17H9F5O/c18-12-11(13(19)15(21)16(22)14(12)20)17(23)10-7-3-5-8-4-1-2-6-9(8)10/h1-7,17,23H. The Bertz CT molecular complexity index is 873. The maximum atomic E-state index is 13.9. The maximum absolute atomic E-state index is 13.9. The highest BCUT2D eigenvalue weighted by atomic mass is 19.2. The van der Waals surface area contributed by atoms with Gasteiger partial charge in [0.2, 0.25) is 5.82 Å². The summed E-state index contributed by atoms with van der Waals surface area (Å²) in [5.74, 6) is -10.5. The second-order valence-corrected chi connectivity index (χ2v) is 4.95. The van der Waals surface area contributed by atoms with Gasteiger partial charge in [-0.3, -0.25) is 0 Å². The molecule has 3 rings (SSSR count). The first-order chi connectivity index (χ1) is 10.9. The van der Waals surface area contributed by atoms with Gasteiger partial charge in [0.15, 0.2) is 23.3 Å². The molecule has 1 N–H and O–H groups in total. The highest BCUT2D eigenvalue weighted by Crippen LogP contribution is 2.34. The molecule has 6 heteroatoms. The predicted molar refractivity (Wildman–Crippen MR) is 74.2 cm³/mol. The molecule has 0 radical (unpaired) electrons. The van der Waals surface area contributed by atoms with Crippen molar-refractivity contribution in [2.45, 2.75) is 6.10 Å². The van der Waals surface area contributed by atoms with E-state index in [0.29, 0.717) is 10.8 Å². The Kier molecular flexibility index (Phi) is 3.77. The number of halogens is 5. The predicted octanol–water partition coefficient (Wildman–Crippen LogP) is 4.62. The van der Waals surface area contributed by atoms with Gasteiger partial charge in [0.1, 0.15) is 6.10 Å². The summed E-state index contributed by atoms with van der Waals surface area (Å²) in [5.41, 5.74) is -1.22. The van der Waals surface area contributed by atoms with Crippen molar-refractivity contribution in [1.29, 1.82) is 0 Å². The summed E-state index contributed by atoms with van der Waals surface area (Å²) < 4.78 is 67.5. The third kappa shape index (κ3) is 2.35. The molecule has 0 aliphatic carbocycles. The molecule has 0 aliphatic heterocycles. The highest BCUT2D eigenvalue weighted by molar-refractivity contribution is 5.86. The number of benzene rings is 3. The molecule has 118 valence electrons. The van der Waals surface area contributed by atoms with Gasteiger partial charge in [-0.05, 0) is 16.3 Å². The summed E-state index contributed by atoms with van der Waals surface area (Å²) in [6.07, 6.45) is -1.99. The van der Waals surface area contributed by atoms with Gasteiger partial charge in [-0.15, -0.1) is 0 Å². The number of hydrogen-bond donors (Lipinski definition) is 1. The second kappa shape index (κ2) is 5.62. The summed E-state index contributed by atoms with van der Waals surface area (Å²) in [4.78, 5) is 0. The topological polar surface area (TPSA) is 20.2 Å². The average Bonchev–Trinajstić information content (AvgIpc) is 2.57. The fraction of sp³-hybridized carbons (Fsp3) is 0.0588. The van der Waals surface area contributed by atoms with Crippen LogP contribution in [-0.4, -0.2) is 5.11 Å². The Morgan fingerprint density at radius 2 is 1.17 bits per heavy atom. The summed E-state index contributed by atoms with van der Waals surface area (Å²) >= 11 is 0. The molecule has 3 aromatic carbocycles. The van der Waals surface area contributed by atoms with E-state index in [0.717, 1.165) is 0 Å². The minimum absolute atomic E-state index is 0.0475. The molecule has 0 spiro atoms. The fourth-order valence-corrected chi connectivity index (χ4v) is 2.51. The van der Waals surface area contributed by atoms with Gasteiger partial charge < -0.3 is 5.11 Å². The van der Waals surface area contributed by atoms with Crippen LogP contribution in [0.5, 0.6) is 0 Å². The Morgan fingerprint density at radius 3 is 1.83 bits per heavy atom. The molecular formula is C17H9F5O. The zero-order chi connectivity index (χ0) is 16.7. The van der Waals surface area contributed by atoms with E-state index in [4.69, 9.17) is 0 Å². The number of rotatable bonds is 2. The van der Waals surface area contributed by atoms with Crippen LogP contribution in [0.15, 0.2) is 42.5 Å². The van der Waals surface area contributed by atoms with Crippen LogP contribution < -0.4 is 0 Å². The van der Waals surface area contributed by atoms with E-state index >= 15 is 0 Å². The molecule has 1 atom stereocenters. The smallest absolute Gasteiger partial charge is 0.200 e. The van der Waals surface area contributed by atoms with E-state index < -0.39 is 40.8 Å². The molecule has 0 aliphatic rings. The van der Waals surface area contributed by atoms with Crippen LogP contribution in [0.1, 0.15) is 17.2 Å². The van der Waals surface area contributed by atoms with Crippen LogP contribution in [0, 0.1) is 29.1 Å². The Morgan fingerprint density at radius 1 is 0.652 bits per heavy atom. The van der Waals surface area contributed by atoms with E-state index in [1.54, 1.807) is 30.3 Å². The van der Waals surface area contributed by atoms with Crippen molar-refractivity contribution in [3.63, 3.8) is 0 Å². The lowest BCUT2D eigenvalue weighted by Crippen LogP contribution is -2.12. The van der Waals surface area contributed by atoms with Crippen molar-refractivity contribution in [2.24, 2.45) is 0 Å². The molecule has 0 heterocycles. The normalized spacial score (nSPS) is 12.6. The van der Waals surface area contributed by atoms with Gasteiger partial charge in [0, 0.05) is 0 Å². The molecule has 0 fully saturated rings. The first kappa shape index (κ1) is 15.4. The van der Waals surface area contributed by atoms with Gasteiger partial charge in [0.25, 0.3) is 0 Å². The number of aliphatic hydroxyl groups excluding tert-OH is 1. The van der Waals surface area contributed by atoms with Crippen LogP contribution in [0.3, 0.4) is 0 Å². The molecule has 0 bridgehead atoms. The minimum Gasteiger partial charge on any atom is -0.383 e. The third-order valence-corrected chi connectivity index (χ3v) is 3.64. The summed E-state index contributed by atoms with van der Waals surface area (Å²) in [5, 5.41) is 11.4. The first-order valence-electron chi connectivity index (χ1n) is 6.60. The number of fused-ring (bicyclic) bond motifs is 1. The molecule has 0 aromatic heterocycles. The van der Waals surface area contributed by atoms with Crippen molar-refractivity contribution in [3.05, 3.63) is 82.7 Å². The largest absolute Gasteiger partial charge is 0.383 e. The van der Waals surface area contributed by atoms with Gasteiger partial charge in [-0.1, -0.05) is 42.5 Å². The summed E-state index contributed by atoms with van der Waals surface area (Å²) in [7, 11) is 0. The van der Waals surface area contributed by atoms with Gasteiger partial charge in [0.05, 0.1) is 5.56 Å². The van der Waals surface area contributed by atoms with Crippen molar-refractivity contribution in [2.75, 3.05) is 0 Å². The number of hydrogen-bond acceptors (Lipinski definition) is 1. The van der Waals surface area contributed by atoms with Crippen LogP contribution in [-0.2, 0) is 0 Å². The zero-order valence-corrected chi connectivity index (χ0v) is 11.5. The molecule has 0 saturated carbocycles. The lowest BCUT2D eigenvalue weighted by atomic mass is 9.95. The average molecular weight is 324 g/mol. The zero-order valence-electron chi connectivity index (χ0n) is 11.5. The van der Waals surface area contributed by atoms with Gasteiger partial charge in [-0.25, -0.2) is 22.0 Å². The van der Waals surface area contributed by atoms with Crippen molar-refractivity contribution in [1.82, 2.24) is 0 Å². The van der Waals surface area contributed by atoms with Crippen molar-refractivity contribution >= 4 is 10.8 Å². The molecule has 23 heavy (non-hydrogen) atoms. The molecule has 1 nitrogen and oxygen atoms in total. The Labute approximate surface area is 127 Å². The molecule has 1 unspecified atom stereocenters. The Balaban J connectivity index is 2.27. The van der Waals surface area contributed by atoms with Crippen LogP contribution >= 0.6 is 0 Å².